The van der Waals surface area contributed by atoms with Crippen LogP contribution in [0.25, 0.3) is 0 Å². The molecule has 0 unspecified atom stereocenters. The lowest BCUT2D eigenvalue weighted by Crippen LogP contribution is -2.07. The van der Waals surface area contributed by atoms with E-state index in [1.807, 2.05) is 48.5 Å². The van der Waals surface area contributed by atoms with Gasteiger partial charge in [-0.1, -0.05) is 58.7 Å². The van der Waals surface area contributed by atoms with Crippen molar-refractivity contribution in [1.29, 1.82) is 0 Å². The molecule has 0 aliphatic rings. The minimum atomic E-state index is -0.900. The summed E-state index contributed by atoms with van der Waals surface area (Å²) in [5, 5.41) is 3.47. The summed E-state index contributed by atoms with van der Waals surface area (Å²) in [5.41, 5.74) is 0. The number of hydrogen-bond acceptors (Lipinski definition) is 0. The smallest absolute Gasteiger partial charge is 0.0525 e. The minimum absolute atomic E-state index is 0.702. The van der Waals surface area contributed by atoms with Crippen molar-refractivity contribution in [2.75, 3.05) is 0 Å². The highest BCUT2D eigenvalue weighted by molar-refractivity contribution is 7.95. The Bertz CT molecular complexity index is 454. The summed E-state index contributed by atoms with van der Waals surface area (Å²) < 4.78 is 0. The van der Waals surface area contributed by atoms with E-state index in [1.54, 1.807) is 0 Å². The third-order valence-corrected chi connectivity index (χ3v) is 5.17. The normalized spacial score (nSPS) is 10.8. The number of benzene rings is 2. The van der Waals surface area contributed by atoms with Crippen molar-refractivity contribution in [3.8, 4) is 0 Å². The van der Waals surface area contributed by atoms with Crippen molar-refractivity contribution < 1.29 is 0 Å². The van der Waals surface area contributed by atoms with Crippen LogP contribution in [0.1, 0.15) is 0 Å². The Labute approximate surface area is 111 Å². The van der Waals surface area contributed by atoms with Gasteiger partial charge < -0.3 is 0 Å². The number of halogens is 3. The van der Waals surface area contributed by atoms with Crippen LogP contribution in [-0.4, -0.2) is 0 Å². The van der Waals surface area contributed by atoms with Crippen LogP contribution in [0.5, 0.6) is 0 Å². The van der Waals surface area contributed by atoms with Gasteiger partial charge in [-0.3, -0.25) is 0 Å². The van der Waals surface area contributed by atoms with Crippen molar-refractivity contribution in [3.63, 3.8) is 0 Å². The van der Waals surface area contributed by atoms with E-state index < -0.39 is 7.27 Å². The van der Waals surface area contributed by atoms with E-state index >= 15 is 0 Å². The summed E-state index contributed by atoms with van der Waals surface area (Å²) in [6.07, 6.45) is 0. The Morgan fingerprint density at radius 2 is 1.19 bits per heavy atom. The monoisotopic (exact) mass is 288 g/mol. The fraction of sp³-hybridized carbons (Fsp3) is 0. The Morgan fingerprint density at radius 1 is 0.750 bits per heavy atom. The topological polar surface area (TPSA) is 0 Å². The molecule has 0 saturated heterocycles. The lowest BCUT2D eigenvalue weighted by molar-refractivity contribution is 1.75. The van der Waals surface area contributed by atoms with Crippen LogP contribution < -0.4 is 10.6 Å². The van der Waals surface area contributed by atoms with Gasteiger partial charge in [0.05, 0.1) is 7.27 Å². The van der Waals surface area contributed by atoms with E-state index in [4.69, 9.17) is 34.4 Å². The molecule has 0 aliphatic carbocycles. The van der Waals surface area contributed by atoms with Crippen LogP contribution in [0.15, 0.2) is 48.5 Å². The fourth-order valence-corrected chi connectivity index (χ4v) is 3.75. The molecule has 0 aromatic heterocycles. The molecular formula is C12H8Cl3P. The third-order valence-electron chi connectivity index (χ3n) is 2.07. The van der Waals surface area contributed by atoms with E-state index in [0.29, 0.717) is 10.0 Å². The van der Waals surface area contributed by atoms with Gasteiger partial charge in [-0.25, -0.2) is 0 Å². The van der Waals surface area contributed by atoms with Crippen LogP contribution in [0.2, 0.25) is 10.0 Å². The van der Waals surface area contributed by atoms with Crippen molar-refractivity contribution in [2.45, 2.75) is 0 Å². The highest BCUT2D eigenvalue weighted by Crippen LogP contribution is 2.39. The molecule has 82 valence electrons. The quantitative estimate of drug-likeness (QED) is 0.710. The molecule has 0 amide bonds. The summed E-state index contributed by atoms with van der Waals surface area (Å²) in [7, 11) is -0.900. The summed E-state index contributed by atoms with van der Waals surface area (Å²) in [6.45, 7) is 0. The van der Waals surface area contributed by atoms with E-state index in [1.165, 1.54) is 0 Å². The summed E-state index contributed by atoms with van der Waals surface area (Å²) in [6, 6.07) is 15.2. The minimum Gasteiger partial charge on any atom is -0.0859 e. The summed E-state index contributed by atoms with van der Waals surface area (Å²) in [5.74, 6) is 0. The van der Waals surface area contributed by atoms with Gasteiger partial charge >= 0.3 is 0 Å². The highest BCUT2D eigenvalue weighted by Gasteiger charge is 2.11. The van der Waals surface area contributed by atoms with Gasteiger partial charge in [-0.15, -0.1) is 0 Å². The molecule has 0 fully saturated rings. The highest BCUT2D eigenvalue weighted by atomic mass is 35.7. The Hall–Kier alpha value is -0.260. The van der Waals surface area contributed by atoms with Gasteiger partial charge in [0, 0.05) is 10.0 Å². The Balaban J connectivity index is 2.35. The molecule has 0 radical (unpaired) electrons. The molecular weight excluding hydrogens is 281 g/mol. The van der Waals surface area contributed by atoms with Crippen LogP contribution in [-0.2, 0) is 0 Å². The van der Waals surface area contributed by atoms with E-state index in [0.717, 1.165) is 10.6 Å². The molecule has 0 N–H and O–H groups in total. The molecule has 0 spiro atoms. The Morgan fingerprint density at radius 3 is 1.56 bits per heavy atom. The third kappa shape index (κ3) is 2.90. The molecule has 0 atom stereocenters. The molecule has 16 heavy (non-hydrogen) atoms. The van der Waals surface area contributed by atoms with Gasteiger partial charge in [-0.2, -0.15) is 0 Å². The first kappa shape index (κ1) is 12.2. The van der Waals surface area contributed by atoms with Gasteiger partial charge in [0.25, 0.3) is 0 Å². The predicted molar refractivity (Wildman–Crippen MR) is 74.9 cm³/mol. The molecule has 0 aliphatic heterocycles. The van der Waals surface area contributed by atoms with Crippen LogP contribution >= 0.6 is 41.7 Å². The Kier molecular flexibility index (Phi) is 4.10. The second-order valence-electron chi connectivity index (χ2n) is 3.24. The van der Waals surface area contributed by atoms with Crippen LogP contribution in [0, 0.1) is 0 Å². The SMILES string of the molecule is Clc1cccc(P(Cl)c2cccc(Cl)c2)c1. The molecule has 4 heteroatoms. The average molecular weight is 290 g/mol. The van der Waals surface area contributed by atoms with E-state index in [9.17, 15) is 0 Å². The molecule has 0 nitrogen and oxygen atoms in total. The lowest BCUT2D eigenvalue weighted by Gasteiger charge is -2.10. The van der Waals surface area contributed by atoms with Crippen molar-refractivity contribution >= 4 is 52.3 Å². The first-order chi connectivity index (χ1) is 7.66. The largest absolute Gasteiger partial charge is 0.0859 e. The average Bonchev–Trinajstić information content (AvgIpc) is 2.28. The van der Waals surface area contributed by atoms with Crippen LogP contribution in [0.3, 0.4) is 0 Å². The number of hydrogen-bond donors (Lipinski definition) is 0. The number of rotatable bonds is 2. The second kappa shape index (κ2) is 5.38. The molecule has 2 aromatic carbocycles. The zero-order chi connectivity index (χ0) is 11.5. The van der Waals surface area contributed by atoms with Crippen molar-refractivity contribution in [3.05, 3.63) is 58.6 Å². The second-order valence-corrected chi connectivity index (χ2v) is 6.72. The first-order valence-corrected chi connectivity index (χ1v) is 7.64. The summed E-state index contributed by atoms with van der Waals surface area (Å²) in [4.78, 5) is 0. The van der Waals surface area contributed by atoms with Crippen molar-refractivity contribution in [1.82, 2.24) is 0 Å². The molecule has 2 rings (SSSR count). The van der Waals surface area contributed by atoms with Gasteiger partial charge in [0.15, 0.2) is 0 Å². The standard InChI is InChI=1S/C12H8Cl3P/c13-9-3-1-5-11(7-9)16(15)12-6-2-4-10(14)8-12/h1-8H. The molecule has 0 bridgehead atoms. The first-order valence-electron chi connectivity index (χ1n) is 4.64. The molecule has 0 saturated carbocycles. The fourth-order valence-electron chi connectivity index (χ4n) is 1.35. The molecule has 2 aromatic rings. The van der Waals surface area contributed by atoms with E-state index in [2.05, 4.69) is 0 Å². The lowest BCUT2D eigenvalue weighted by atomic mass is 10.4. The maximum Gasteiger partial charge on any atom is 0.0525 e. The van der Waals surface area contributed by atoms with Gasteiger partial charge in [0.2, 0.25) is 0 Å². The zero-order valence-electron chi connectivity index (χ0n) is 8.20. The van der Waals surface area contributed by atoms with Gasteiger partial charge in [0.1, 0.15) is 0 Å². The predicted octanol–water partition coefficient (Wildman–Crippen LogP) is 4.58. The maximum absolute atomic E-state index is 6.42. The maximum atomic E-state index is 6.42. The van der Waals surface area contributed by atoms with Crippen LogP contribution in [0.4, 0.5) is 0 Å². The zero-order valence-corrected chi connectivity index (χ0v) is 11.4. The van der Waals surface area contributed by atoms with Gasteiger partial charge in [-0.05, 0) is 34.9 Å². The van der Waals surface area contributed by atoms with Crippen molar-refractivity contribution in [2.24, 2.45) is 0 Å². The summed E-state index contributed by atoms with van der Waals surface area (Å²) >= 11 is 18.3. The van der Waals surface area contributed by atoms with E-state index in [-0.39, 0.29) is 0 Å². The molecule has 0 heterocycles.